The minimum Gasteiger partial charge on any atom is -0.518 e. The fourth-order valence-electron chi connectivity index (χ4n) is 2.96. The van der Waals surface area contributed by atoms with E-state index in [-0.39, 0.29) is 12.4 Å². The summed E-state index contributed by atoms with van der Waals surface area (Å²) < 4.78 is 6.08. The van der Waals surface area contributed by atoms with Gasteiger partial charge in [0.2, 0.25) is 0 Å². The SMILES string of the molecule is [CH2]CC(=O)O[Si](C(C)CC)(C(C)CC)C(C)CC. The summed E-state index contributed by atoms with van der Waals surface area (Å²) in [5.41, 5.74) is 1.54. The average Bonchev–Trinajstić information content (AvgIpc) is 2.41. The van der Waals surface area contributed by atoms with Crippen LogP contribution in [0.5, 0.6) is 0 Å². The Morgan fingerprint density at radius 3 is 1.56 bits per heavy atom. The lowest BCUT2D eigenvalue weighted by Gasteiger charge is -2.44. The van der Waals surface area contributed by atoms with Crippen LogP contribution < -0.4 is 0 Å². The van der Waals surface area contributed by atoms with Crippen molar-refractivity contribution in [3.63, 3.8) is 0 Å². The Morgan fingerprint density at radius 2 is 1.33 bits per heavy atom. The average molecular weight is 271 g/mol. The van der Waals surface area contributed by atoms with E-state index < -0.39 is 8.32 Å². The second-order valence-electron chi connectivity index (χ2n) is 5.51. The van der Waals surface area contributed by atoms with Crippen LogP contribution in [-0.2, 0) is 9.22 Å². The largest absolute Gasteiger partial charge is 0.518 e. The zero-order valence-electron chi connectivity index (χ0n) is 13.1. The molecule has 3 heteroatoms. The molecule has 0 fully saturated rings. The highest BCUT2D eigenvalue weighted by atomic mass is 28.4. The molecule has 0 spiro atoms. The highest BCUT2D eigenvalue weighted by Crippen LogP contribution is 2.47. The van der Waals surface area contributed by atoms with Gasteiger partial charge in [-0.15, -0.1) is 0 Å². The predicted molar refractivity (Wildman–Crippen MR) is 81.0 cm³/mol. The maximum absolute atomic E-state index is 11.8. The first-order valence-corrected chi connectivity index (χ1v) is 9.55. The van der Waals surface area contributed by atoms with Gasteiger partial charge >= 0.3 is 0 Å². The molecule has 0 aromatic carbocycles. The maximum Gasteiger partial charge on any atom is 0.292 e. The highest BCUT2D eigenvalue weighted by molar-refractivity contribution is 6.79. The minimum atomic E-state index is -2.08. The molecule has 0 aliphatic heterocycles. The lowest BCUT2D eigenvalue weighted by molar-refractivity contribution is -0.134. The summed E-state index contributed by atoms with van der Waals surface area (Å²) in [4.78, 5) is 11.8. The van der Waals surface area contributed by atoms with Crippen molar-refractivity contribution in [3.05, 3.63) is 6.92 Å². The van der Waals surface area contributed by atoms with Crippen LogP contribution in [0.25, 0.3) is 0 Å². The number of hydrogen-bond acceptors (Lipinski definition) is 2. The molecular weight excluding hydrogens is 240 g/mol. The Kier molecular flexibility index (Phi) is 7.84. The van der Waals surface area contributed by atoms with E-state index in [1.165, 1.54) is 0 Å². The van der Waals surface area contributed by atoms with E-state index in [4.69, 9.17) is 4.43 Å². The standard InChI is InChI=1S/C15H31O2Si/c1-8-12(5)18(13(6)9-2,14(7)10-3)17-15(16)11-4/h12-14H,4,8-11H2,1-3,5-7H3. The molecule has 0 aromatic heterocycles. The molecule has 0 rings (SSSR count). The first-order valence-electron chi connectivity index (χ1n) is 7.41. The van der Waals surface area contributed by atoms with Crippen molar-refractivity contribution in [1.82, 2.24) is 0 Å². The number of rotatable bonds is 8. The summed E-state index contributed by atoms with van der Waals surface area (Å²) in [7, 11) is -2.08. The van der Waals surface area contributed by atoms with Crippen molar-refractivity contribution in [2.24, 2.45) is 0 Å². The van der Waals surface area contributed by atoms with Gasteiger partial charge in [-0.3, -0.25) is 4.79 Å². The molecule has 0 N–H and O–H groups in total. The topological polar surface area (TPSA) is 26.3 Å². The van der Waals surface area contributed by atoms with Crippen LogP contribution in [0.3, 0.4) is 0 Å². The van der Waals surface area contributed by atoms with Crippen molar-refractivity contribution >= 4 is 14.3 Å². The Morgan fingerprint density at radius 1 is 1.00 bits per heavy atom. The smallest absolute Gasteiger partial charge is 0.292 e. The second-order valence-corrected chi connectivity index (χ2v) is 10.4. The summed E-state index contributed by atoms with van der Waals surface area (Å²) in [5, 5.41) is 0. The van der Waals surface area contributed by atoms with Gasteiger partial charge in [-0.1, -0.05) is 60.8 Å². The van der Waals surface area contributed by atoms with Crippen LogP contribution in [-0.4, -0.2) is 14.3 Å². The summed E-state index contributed by atoms with van der Waals surface area (Å²) in [5.74, 6) is -0.109. The fraction of sp³-hybridized carbons (Fsp3) is 0.867. The molecule has 0 heterocycles. The maximum atomic E-state index is 11.8. The molecule has 0 amide bonds. The van der Waals surface area contributed by atoms with E-state index >= 15 is 0 Å². The molecule has 0 saturated carbocycles. The van der Waals surface area contributed by atoms with Gasteiger partial charge in [-0.2, -0.15) is 0 Å². The van der Waals surface area contributed by atoms with Gasteiger partial charge in [0.15, 0.2) is 0 Å². The molecule has 3 atom stereocenters. The Bertz CT molecular complexity index is 226. The van der Waals surface area contributed by atoms with E-state index in [2.05, 4.69) is 48.5 Å². The van der Waals surface area contributed by atoms with Gasteiger partial charge in [0.1, 0.15) is 0 Å². The molecular formula is C15H31O2Si. The minimum absolute atomic E-state index is 0.109. The molecule has 1 radical (unpaired) electrons. The number of hydrogen-bond donors (Lipinski definition) is 0. The molecule has 0 aliphatic rings. The van der Waals surface area contributed by atoms with Crippen LogP contribution in [0.1, 0.15) is 67.2 Å². The Labute approximate surface area is 115 Å². The molecule has 0 bridgehead atoms. The Balaban J connectivity index is 5.46. The lowest BCUT2D eigenvalue weighted by atomic mass is 10.3. The summed E-state index contributed by atoms with van der Waals surface area (Å²) in [6.45, 7) is 17.1. The molecule has 0 aliphatic carbocycles. The first kappa shape index (κ1) is 17.7. The zero-order chi connectivity index (χ0) is 14.3. The van der Waals surface area contributed by atoms with Crippen LogP contribution in [0.15, 0.2) is 0 Å². The third kappa shape index (κ3) is 3.59. The molecule has 2 nitrogen and oxygen atoms in total. The van der Waals surface area contributed by atoms with E-state index in [0.717, 1.165) is 19.3 Å². The van der Waals surface area contributed by atoms with Crippen molar-refractivity contribution < 1.29 is 9.22 Å². The van der Waals surface area contributed by atoms with Gasteiger partial charge in [0, 0.05) is 6.42 Å². The van der Waals surface area contributed by atoms with E-state index in [1.807, 2.05) is 0 Å². The molecule has 3 unspecified atom stereocenters. The Hall–Kier alpha value is -0.313. The summed E-state index contributed by atoms with van der Waals surface area (Å²) in [6, 6.07) is 0. The first-order chi connectivity index (χ1) is 8.40. The quantitative estimate of drug-likeness (QED) is 0.574. The molecule has 18 heavy (non-hydrogen) atoms. The van der Waals surface area contributed by atoms with Crippen molar-refractivity contribution in [2.45, 2.75) is 83.8 Å². The van der Waals surface area contributed by atoms with Crippen molar-refractivity contribution in [2.75, 3.05) is 0 Å². The lowest BCUT2D eigenvalue weighted by Crippen LogP contribution is -2.51. The fourth-order valence-corrected chi connectivity index (χ4v) is 8.89. The van der Waals surface area contributed by atoms with E-state index in [1.54, 1.807) is 0 Å². The van der Waals surface area contributed by atoms with Crippen LogP contribution in [0.2, 0.25) is 16.6 Å². The van der Waals surface area contributed by atoms with Gasteiger partial charge in [0.25, 0.3) is 14.3 Å². The monoisotopic (exact) mass is 271 g/mol. The second kappa shape index (κ2) is 7.98. The van der Waals surface area contributed by atoms with Crippen molar-refractivity contribution in [1.29, 1.82) is 0 Å². The molecule has 0 aromatic rings. The third-order valence-corrected chi connectivity index (χ3v) is 11.1. The van der Waals surface area contributed by atoms with Crippen molar-refractivity contribution in [3.8, 4) is 0 Å². The zero-order valence-corrected chi connectivity index (χ0v) is 14.1. The summed E-state index contributed by atoms with van der Waals surface area (Å²) >= 11 is 0. The summed E-state index contributed by atoms with van der Waals surface area (Å²) in [6.07, 6.45) is 3.51. The van der Waals surface area contributed by atoms with Gasteiger partial charge in [-0.05, 0) is 23.5 Å². The highest BCUT2D eigenvalue weighted by Gasteiger charge is 2.50. The molecule has 0 saturated heterocycles. The third-order valence-electron chi connectivity index (χ3n) is 4.64. The van der Waals surface area contributed by atoms with Gasteiger partial charge in [-0.25, -0.2) is 0 Å². The predicted octanol–water partition coefficient (Wildman–Crippen LogP) is 5.10. The molecule has 107 valence electrons. The van der Waals surface area contributed by atoms with E-state index in [0.29, 0.717) is 16.6 Å². The van der Waals surface area contributed by atoms with Gasteiger partial charge < -0.3 is 4.43 Å². The number of carbonyl (C=O) groups is 1. The van der Waals surface area contributed by atoms with Crippen LogP contribution in [0.4, 0.5) is 0 Å². The van der Waals surface area contributed by atoms with Gasteiger partial charge in [0.05, 0.1) is 0 Å². The number of carbonyl (C=O) groups excluding carboxylic acids is 1. The van der Waals surface area contributed by atoms with Crippen LogP contribution in [0, 0.1) is 6.92 Å². The van der Waals surface area contributed by atoms with E-state index in [9.17, 15) is 4.79 Å². The normalized spacial score (nSPS) is 19.7. The van der Waals surface area contributed by atoms with Crippen LogP contribution >= 0.6 is 0 Å².